The highest BCUT2D eigenvalue weighted by molar-refractivity contribution is 7.98. The zero-order chi connectivity index (χ0) is 71.1. The van der Waals surface area contributed by atoms with Crippen molar-refractivity contribution in [2.24, 2.45) is 17.4 Å². The van der Waals surface area contributed by atoms with Gasteiger partial charge in [0, 0.05) is 97.2 Å². The Morgan fingerprint density at radius 1 is 0.798 bits per heavy atom. The molecule has 530 valence electrons. The second-order valence-electron chi connectivity index (χ2n) is 25.9. The molecule has 2 bridgehead atoms. The van der Waals surface area contributed by atoms with Crippen LogP contribution in [-0.2, 0) is 78.7 Å². The van der Waals surface area contributed by atoms with Gasteiger partial charge in [0.05, 0.1) is 30.6 Å². The normalized spacial score (nSPS) is 25.2. The lowest BCUT2D eigenvalue weighted by Gasteiger charge is -2.37. The number of rotatable bonds is 13. The first-order valence-corrected chi connectivity index (χ1v) is 35.7. The first-order chi connectivity index (χ1) is 47.4. The minimum atomic E-state index is -1.74. The molecule has 29 heteroatoms. The smallest absolute Gasteiger partial charge is 0.246 e. The molecule has 10 atom stereocenters. The van der Waals surface area contributed by atoms with E-state index in [9.17, 15) is 43.1 Å². The molecule has 0 unspecified atom stereocenters. The van der Waals surface area contributed by atoms with E-state index in [0.717, 1.165) is 5.56 Å². The van der Waals surface area contributed by atoms with Crippen LogP contribution in [-0.4, -0.2) is 181 Å². The number of hydrogen-bond donors (Lipinski definition) is 10. The molecule has 2 fully saturated rings. The van der Waals surface area contributed by atoms with E-state index in [2.05, 4.69) is 41.9 Å². The van der Waals surface area contributed by atoms with Crippen LogP contribution in [0.25, 0.3) is 16.5 Å². The summed E-state index contributed by atoms with van der Waals surface area (Å²) in [6.45, 7) is 4.62. The van der Waals surface area contributed by atoms with E-state index in [1.807, 2.05) is 0 Å². The van der Waals surface area contributed by atoms with Crippen molar-refractivity contribution in [3.05, 3.63) is 131 Å². The summed E-state index contributed by atoms with van der Waals surface area (Å²) in [6.07, 6.45) is 6.23. The number of hydrogen-bond acceptors (Lipinski definition) is 17. The first kappa shape index (κ1) is 74.4. The first-order valence-electron chi connectivity index (χ1n) is 33.4. The van der Waals surface area contributed by atoms with Crippen LogP contribution in [0.2, 0.25) is 0 Å². The largest absolute Gasteiger partial charge is 0.497 e. The maximum absolute atomic E-state index is 15.5. The summed E-state index contributed by atoms with van der Waals surface area (Å²) in [6, 6.07) is 5.52. The number of allylic oxidation sites excluding steroid dienone is 1. The van der Waals surface area contributed by atoms with Crippen molar-refractivity contribution >= 4 is 98.9 Å². The Labute approximate surface area is 581 Å². The van der Waals surface area contributed by atoms with Crippen LogP contribution in [0.1, 0.15) is 119 Å². The second kappa shape index (κ2) is 34.3. The summed E-state index contributed by atoms with van der Waals surface area (Å²) >= 11 is 2.65. The van der Waals surface area contributed by atoms with Gasteiger partial charge in [-0.2, -0.15) is 23.5 Å². The quantitative estimate of drug-likeness (QED) is 0.0754. The zero-order valence-electron chi connectivity index (χ0n) is 55.9. The molecule has 3 aliphatic heterocycles. The van der Waals surface area contributed by atoms with Gasteiger partial charge < -0.3 is 68.0 Å². The number of primary amides is 1. The number of carbonyl (C=O) groups excluding carboxylic acids is 10. The number of methoxy groups -OCH3 is 1. The molecule has 1 aliphatic carbocycles. The van der Waals surface area contributed by atoms with Crippen molar-refractivity contribution in [3.8, 4) is 5.75 Å². The number of nitrogens with zero attached hydrogens (tertiary/aromatic N) is 4. The number of Topliss-reactive ketones (excluding diaryl/α,β-unsaturated/α-hetero) is 1. The highest BCUT2D eigenvalue weighted by Gasteiger charge is 2.49. The van der Waals surface area contributed by atoms with Crippen LogP contribution < -0.4 is 48.1 Å². The molecule has 5 aromatic rings. The minimum absolute atomic E-state index is 0.00258. The number of nitrogens with two attached hydrogens (primary N) is 2. The number of thioether (sulfide) groups is 2. The van der Waals surface area contributed by atoms with Crippen molar-refractivity contribution < 1.29 is 66.6 Å². The number of aromatic amines is 1. The summed E-state index contributed by atoms with van der Waals surface area (Å²) in [7, 11) is 1.48. The van der Waals surface area contributed by atoms with E-state index in [1.165, 1.54) is 84.6 Å². The number of aromatic nitrogens is 3. The zero-order valence-corrected chi connectivity index (χ0v) is 57.5. The predicted octanol–water partition coefficient (Wildman–Crippen LogP) is 3.50. The topological polar surface area (TPSA) is 372 Å². The number of ether oxygens (including phenoxy) is 1. The average molecular weight is 1400 g/mol. The van der Waals surface area contributed by atoms with E-state index in [-0.39, 0.29) is 76.0 Å². The van der Waals surface area contributed by atoms with Crippen LogP contribution >= 0.6 is 23.5 Å². The fourth-order valence-corrected chi connectivity index (χ4v) is 14.8. The third-order valence-electron chi connectivity index (χ3n) is 18.6. The van der Waals surface area contributed by atoms with Gasteiger partial charge in [0.1, 0.15) is 59.2 Å². The molecule has 5 heterocycles. The molecule has 3 aromatic carbocycles. The van der Waals surface area contributed by atoms with Gasteiger partial charge >= 0.3 is 0 Å². The van der Waals surface area contributed by atoms with Gasteiger partial charge in [0.25, 0.3) is 0 Å². The molecular weight excluding hydrogens is 1320 g/mol. The van der Waals surface area contributed by atoms with Crippen LogP contribution in [0.4, 0.5) is 8.78 Å². The maximum Gasteiger partial charge on any atom is 0.246 e. The molecule has 2 aromatic heterocycles. The van der Waals surface area contributed by atoms with E-state index < -0.39 is 137 Å². The molecule has 0 saturated carbocycles. The molecule has 9 amide bonds. The third-order valence-corrected chi connectivity index (χ3v) is 20.7. The SMILES string of the molecule is COc1ccc(C[C@@H]2NC(=O)[C@H]([C@@H](C)O)NC(=O)[C@@H]3CCCN3C(=O)[C@H](CC3=CCc4ccc(F)cc43)NC(=O)[C@H](Cc3c[nH]c4ccc(F)cc34)CC(=O)[C@@H](C)NC(=O)[C@H](CCCCN)NC(=O)CCSCc3cncc(n3)CSC[C@@H](C(N)=O)NC(=O)[C@]3(C)CCCN3C2=O)cc1. The number of amides is 9. The lowest BCUT2D eigenvalue weighted by Crippen LogP contribution is -2.64. The predicted molar refractivity (Wildman–Crippen MR) is 369 cm³/mol. The Morgan fingerprint density at radius 3 is 2.24 bits per heavy atom. The number of carbonyl (C=O) groups is 10. The van der Waals surface area contributed by atoms with Crippen LogP contribution in [0.5, 0.6) is 5.75 Å². The number of aliphatic hydroxyl groups excluding tert-OH is 1. The van der Waals surface area contributed by atoms with E-state index in [1.54, 1.807) is 61.9 Å². The number of ketones is 1. The third kappa shape index (κ3) is 19.1. The van der Waals surface area contributed by atoms with Crippen molar-refractivity contribution in [2.45, 2.75) is 170 Å². The molecule has 12 N–H and O–H groups in total. The number of nitrogens with one attached hydrogen (secondary N) is 7. The Hall–Kier alpha value is -8.80. The number of benzene rings is 3. The van der Waals surface area contributed by atoms with Crippen LogP contribution in [0.3, 0.4) is 0 Å². The fourth-order valence-electron chi connectivity index (χ4n) is 13.0. The van der Waals surface area contributed by atoms with E-state index >= 15 is 18.8 Å². The molecule has 2 saturated heterocycles. The van der Waals surface area contributed by atoms with Crippen molar-refractivity contribution in [1.29, 1.82) is 0 Å². The van der Waals surface area contributed by atoms with Gasteiger partial charge in [0.15, 0.2) is 5.78 Å². The summed E-state index contributed by atoms with van der Waals surface area (Å²) in [5.41, 5.74) is 14.6. The number of unbranched alkanes of at least 4 members (excludes halogenated alkanes) is 1. The molecular formula is C70H87F2N13O12S2. The van der Waals surface area contributed by atoms with Crippen molar-refractivity contribution in [3.63, 3.8) is 0 Å². The van der Waals surface area contributed by atoms with E-state index in [0.29, 0.717) is 94.0 Å². The monoisotopic (exact) mass is 1400 g/mol. The second-order valence-corrected chi connectivity index (χ2v) is 28.0. The lowest BCUT2D eigenvalue weighted by atomic mass is 9.90. The van der Waals surface area contributed by atoms with Gasteiger partial charge in [-0.05, 0) is 155 Å². The highest BCUT2D eigenvalue weighted by Crippen LogP contribution is 2.35. The summed E-state index contributed by atoms with van der Waals surface area (Å²) in [4.78, 5) is 160. The van der Waals surface area contributed by atoms with Gasteiger partial charge in [-0.3, -0.25) is 57.9 Å². The summed E-state index contributed by atoms with van der Waals surface area (Å²) in [5, 5.41) is 28.4. The Kier molecular flexibility index (Phi) is 25.8. The van der Waals surface area contributed by atoms with E-state index in [4.69, 9.17) is 21.2 Å². The lowest BCUT2D eigenvalue weighted by molar-refractivity contribution is -0.147. The van der Waals surface area contributed by atoms with Crippen molar-refractivity contribution in [1.82, 2.24) is 56.7 Å². The summed E-state index contributed by atoms with van der Waals surface area (Å²) < 4.78 is 35.3. The average Bonchev–Trinajstić information content (AvgIpc) is 1.71. The summed E-state index contributed by atoms with van der Waals surface area (Å²) in [5.74, 6) is -8.29. The highest BCUT2D eigenvalue weighted by atomic mass is 32.2. The molecule has 25 nitrogen and oxygen atoms in total. The van der Waals surface area contributed by atoms with Gasteiger partial charge in [-0.25, -0.2) is 8.78 Å². The van der Waals surface area contributed by atoms with Crippen LogP contribution in [0, 0.1) is 17.6 Å². The number of halogens is 2. The number of aliphatic hydroxyl groups is 1. The van der Waals surface area contributed by atoms with Crippen molar-refractivity contribution in [2.75, 3.05) is 38.2 Å². The van der Waals surface area contributed by atoms with Gasteiger partial charge in [0.2, 0.25) is 53.2 Å². The molecule has 99 heavy (non-hydrogen) atoms. The number of fused-ring (bicyclic) bond motifs is 6. The Bertz CT molecular complexity index is 3840. The molecule has 0 spiro atoms. The Morgan fingerprint density at radius 2 is 1.52 bits per heavy atom. The number of H-pyrrole nitrogens is 1. The Balaban J connectivity index is 1.04. The van der Waals surface area contributed by atoms with Gasteiger partial charge in [-0.1, -0.05) is 24.3 Å². The minimum Gasteiger partial charge on any atom is -0.497 e. The standard InChI is InChI=1S/C70H87F2N13O12S2/c1-39-59(87)30-44(28-45-33-76-53-20-17-47(72)32-52(45)53)63(90)80-56(29-43-14-13-42-15-16-46(71)31-51(42)43)67(94)84-24-7-10-58(84)65(92)83-61(40(2)86)66(93)81-55(27-41-11-18-50(97-4)19-12-41)68(95)85-25-8-22-70(85,3)69(96)82-57(62(74)89)38-99-37-49-35-75-34-48(78-49)36-98-26-21-60(88)79-54(64(91)77-39)9-5-6-23-73/h11-12,14-20,31-35,39-40,44,54-58,61,76,86H,5-10,13,21-30,36-38,73H2,1-4H3,(H2,74,89)(H,77,91)(H,79,88)(H,80,90)(H,81,93)(H,82,96)(H,83,92)/t39-,40-,44-,54+,55+,56+,57+,58+,61+,70+/m1/s1. The molecule has 4 aliphatic rings. The van der Waals surface area contributed by atoms with Crippen LogP contribution in [0.15, 0.2) is 85.3 Å². The molecule has 9 rings (SSSR count). The maximum atomic E-state index is 15.5. The molecule has 0 radical (unpaired) electrons. The van der Waals surface area contributed by atoms with Gasteiger partial charge in [-0.15, -0.1) is 0 Å². The fraction of sp³-hybridized carbons (Fsp3) is 0.486.